The van der Waals surface area contributed by atoms with E-state index in [0.717, 1.165) is 18.4 Å². The maximum absolute atomic E-state index is 13.9. The van der Waals surface area contributed by atoms with Gasteiger partial charge in [0.15, 0.2) is 0 Å². The largest absolute Gasteiger partial charge is 0.338 e. The number of piperidine rings is 1. The fourth-order valence-electron chi connectivity index (χ4n) is 3.20. The Morgan fingerprint density at radius 3 is 2.68 bits per heavy atom. The molecule has 0 unspecified atom stereocenters. The Kier molecular flexibility index (Phi) is 5.49. The van der Waals surface area contributed by atoms with Gasteiger partial charge < -0.3 is 4.90 Å². The van der Waals surface area contributed by atoms with Crippen molar-refractivity contribution >= 4 is 23.3 Å². The van der Waals surface area contributed by atoms with Crippen molar-refractivity contribution in [3.8, 4) is 0 Å². The van der Waals surface area contributed by atoms with Crippen LogP contribution in [0.4, 0.5) is 4.39 Å². The van der Waals surface area contributed by atoms with Crippen LogP contribution in [0.2, 0.25) is 5.02 Å². The first-order chi connectivity index (χ1) is 12.0. The van der Waals surface area contributed by atoms with Crippen molar-refractivity contribution in [1.29, 1.82) is 0 Å². The molecule has 0 radical (unpaired) electrons. The molecule has 1 atom stereocenters. The van der Waals surface area contributed by atoms with Gasteiger partial charge in [-0.2, -0.15) is 0 Å². The summed E-state index contributed by atoms with van der Waals surface area (Å²) < 4.78 is 13.9. The van der Waals surface area contributed by atoms with Crippen molar-refractivity contribution in [1.82, 2.24) is 4.90 Å². The van der Waals surface area contributed by atoms with Crippen LogP contribution >= 0.6 is 11.6 Å². The number of halogens is 2. The predicted octanol–water partition coefficient (Wildman–Crippen LogP) is 4.14. The third-order valence-corrected chi connectivity index (χ3v) is 4.78. The summed E-state index contributed by atoms with van der Waals surface area (Å²) in [6, 6.07) is 13.5. The van der Waals surface area contributed by atoms with Gasteiger partial charge in [0, 0.05) is 30.5 Å². The Morgan fingerprint density at radius 2 is 1.92 bits per heavy atom. The highest BCUT2D eigenvalue weighted by Gasteiger charge is 2.29. The van der Waals surface area contributed by atoms with Gasteiger partial charge in [-0.05, 0) is 36.6 Å². The summed E-state index contributed by atoms with van der Waals surface area (Å²) in [7, 11) is 0. The first-order valence-electron chi connectivity index (χ1n) is 8.35. The van der Waals surface area contributed by atoms with E-state index in [1.807, 2.05) is 30.3 Å². The molecule has 1 heterocycles. The number of amides is 1. The first kappa shape index (κ1) is 17.6. The quantitative estimate of drug-likeness (QED) is 0.822. The Bertz CT molecular complexity index is 779. The fraction of sp³-hybridized carbons (Fsp3) is 0.300. The van der Waals surface area contributed by atoms with Gasteiger partial charge in [-0.15, -0.1) is 0 Å². The van der Waals surface area contributed by atoms with Gasteiger partial charge in [0.05, 0.1) is 5.56 Å². The van der Waals surface area contributed by atoms with E-state index in [1.54, 1.807) is 4.90 Å². The van der Waals surface area contributed by atoms with Crippen LogP contribution in [0.3, 0.4) is 0 Å². The summed E-state index contributed by atoms with van der Waals surface area (Å²) in [6.45, 7) is 0.857. The highest BCUT2D eigenvalue weighted by molar-refractivity contribution is 6.31. The summed E-state index contributed by atoms with van der Waals surface area (Å²) in [4.78, 5) is 26.7. The van der Waals surface area contributed by atoms with E-state index in [2.05, 4.69) is 0 Å². The van der Waals surface area contributed by atoms with Crippen molar-refractivity contribution in [3.05, 3.63) is 70.5 Å². The molecule has 0 N–H and O–H groups in total. The Morgan fingerprint density at radius 1 is 1.16 bits per heavy atom. The molecule has 1 aliphatic rings. The average Bonchev–Trinajstić information content (AvgIpc) is 2.64. The molecule has 5 heteroatoms. The van der Waals surface area contributed by atoms with Crippen LogP contribution in [0.15, 0.2) is 48.5 Å². The number of hydrogen-bond donors (Lipinski definition) is 0. The maximum atomic E-state index is 13.9. The van der Waals surface area contributed by atoms with E-state index in [0.29, 0.717) is 24.5 Å². The van der Waals surface area contributed by atoms with Crippen LogP contribution in [-0.4, -0.2) is 29.7 Å². The topological polar surface area (TPSA) is 37.4 Å². The smallest absolute Gasteiger partial charge is 0.256 e. The molecule has 1 fully saturated rings. The minimum absolute atomic E-state index is 0.0383. The van der Waals surface area contributed by atoms with Crippen LogP contribution in [0.1, 0.15) is 28.8 Å². The molecular weight excluding hydrogens is 341 g/mol. The van der Waals surface area contributed by atoms with Crippen molar-refractivity contribution < 1.29 is 14.0 Å². The Balaban J connectivity index is 1.69. The number of carbonyl (C=O) groups is 2. The normalized spacial score (nSPS) is 17.4. The molecule has 0 aromatic heterocycles. The minimum atomic E-state index is -0.591. The molecule has 25 heavy (non-hydrogen) atoms. The second kappa shape index (κ2) is 7.79. The average molecular weight is 360 g/mol. The van der Waals surface area contributed by atoms with Gasteiger partial charge in [-0.3, -0.25) is 9.59 Å². The minimum Gasteiger partial charge on any atom is -0.338 e. The number of hydrogen-bond acceptors (Lipinski definition) is 2. The van der Waals surface area contributed by atoms with Gasteiger partial charge in [0.25, 0.3) is 5.91 Å². The second-order valence-corrected chi connectivity index (χ2v) is 6.78. The fourth-order valence-corrected chi connectivity index (χ4v) is 3.37. The number of carbonyl (C=O) groups excluding carboxylic acids is 2. The zero-order valence-electron chi connectivity index (χ0n) is 13.8. The molecule has 3 nitrogen and oxygen atoms in total. The molecule has 2 aromatic rings. The van der Waals surface area contributed by atoms with Crippen molar-refractivity contribution in [2.75, 3.05) is 13.1 Å². The molecule has 2 aromatic carbocycles. The van der Waals surface area contributed by atoms with E-state index in [4.69, 9.17) is 11.6 Å². The molecular formula is C20H19ClFNO2. The summed E-state index contributed by atoms with van der Waals surface area (Å²) in [5.74, 6) is -1.08. The molecule has 1 saturated heterocycles. The van der Waals surface area contributed by atoms with E-state index in [9.17, 15) is 14.0 Å². The van der Waals surface area contributed by atoms with Gasteiger partial charge in [-0.25, -0.2) is 4.39 Å². The third-order valence-electron chi connectivity index (χ3n) is 4.54. The third kappa shape index (κ3) is 4.26. The predicted molar refractivity (Wildman–Crippen MR) is 95.2 cm³/mol. The molecule has 0 saturated carbocycles. The van der Waals surface area contributed by atoms with E-state index < -0.39 is 11.7 Å². The highest BCUT2D eigenvalue weighted by atomic mass is 35.5. The number of rotatable bonds is 4. The standard InChI is InChI=1S/C20H19ClFNO2/c21-16-8-9-18(22)17(12-16)20(25)23-10-4-7-15(13-23)19(24)11-14-5-2-1-3-6-14/h1-3,5-6,8-9,12,15H,4,7,10-11,13H2/t15-/m1/s1. The van der Waals surface area contributed by atoms with Crippen molar-refractivity contribution in [2.24, 2.45) is 5.92 Å². The van der Waals surface area contributed by atoms with Crippen LogP contribution in [0.5, 0.6) is 0 Å². The lowest BCUT2D eigenvalue weighted by atomic mass is 9.90. The number of nitrogens with zero attached hydrogens (tertiary/aromatic N) is 1. The maximum Gasteiger partial charge on any atom is 0.256 e. The highest BCUT2D eigenvalue weighted by Crippen LogP contribution is 2.23. The second-order valence-electron chi connectivity index (χ2n) is 6.34. The van der Waals surface area contributed by atoms with E-state index in [-0.39, 0.29) is 17.3 Å². The van der Waals surface area contributed by atoms with Gasteiger partial charge in [0.2, 0.25) is 0 Å². The number of ketones is 1. The lowest BCUT2D eigenvalue weighted by Crippen LogP contribution is -2.43. The molecule has 0 bridgehead atoms. The van der Waals surface area contributed by atoms with Crippen molar-refractivity contribution in [3.63, 3.8) is 0 Å². The molecule has 0 aliphatic carbocycles. The Hall–Kier alpha value is -2.20. The molecule has 1 aliphatic heterocycles. The van der Waals surface area contributed by atoms with Crippen LogP contribution in [0, 0.1) is 11.7 Å². The monoisotopic (exact) mass is 359 g/mol. The van der Waals surface area contributed by atoms with Gasteiger partial charge in [0.1, 0.15) is 11.6 Å². The molecule has 1 amide bonds. The molecule has 3 rings (SSSR count). The summed E-state index contributed by atoms with van der Waals surface area (Å²) in [5.41, 5.74) is 0.931. The molecule has 0 spiro atoms. The summed E-state index contributed by atoms with van der Waals surface area (Å²) in [6.07, 6.45) is 1.85. The molecule has 130 valence electrons. The lowest BCUT2D eigenvalue weighted by Gasteiger charge is -2.32. The van der Waals surface area contributed by atoms with Crippen LogP contribution < -0.4 is 0 Å². The van der Waals surface area contributed by atoms with Crippen LogP contribution in [0.25, 0.3) is 0 Å². The van der Waals surface area contributed by atoms with E-state index in [1.165, 1.54) is 18.2 Å². The van der Waals surface area contributed by atoms with Gasteiger partial charge >= 0.3 is 0 Å². The first-order valence-corrected chi connectivity index (χ1v) is 8.73. The number of likely N-dealkylation sites (tertiary alicyclic amines) is 1. The SMILES string of the molecule is O=C(Cc1ccccc1)[C@@H]1CCCN(C(=O)c2cc(Cl)ccc2F)C1. The lowest BCUT2D eigenvalue weighted by molar-refractivity contribution is -0.123. The number of benzene rings is 2. The van der Waals surface area contributed by atoms with Crippen molar-refractivity contribution in [2.45, 2.75) is 19.3 Å². The van der Waals surface area contributed by atoms with E-state index >= 15 is 0 Å². The Labute approximate surface area is 151 Å². The summed E-state index contributed by atoms with van der Waals surface area (Å²) in [5, 5.41) is 0.318. The number of Topliss-reactive ketones (excluding diaryl/α,β-unsaturated/α-hetero) is 1. The zero-order valence-corrected chi connectivity index (χ0v) is 14.5. The summed E-state index contributed by atoms with van der Waals surface area (Å²) >= 11 is 5.88. The van der Waals surface area contributed by atoms with Crippen LogP contribution in [-0.2, 0) is 11.2 Å². The van der Waals surface area contributed by atoms with Gasteiger partial charge in [-0.1, -0.05) is 41.9 Å². The zero-order chi connectivity index (χ0) is 17.8.